The van der Waals surface area contributed by atoms with E-state index in [0.29, 0.717) is 5.92 Å². The Morgan fingerprint density at radius 2 is 1.75 bits per heavy atom. The van der Waals surface area contributed by atoms with Gasteiger partial charge in [0.1, 0.15) is 0 Å². The second kappa shape index (κ2) is 6.79. The van der Waals surface area contributed by atoms with Crippen LogP contribution in [0.4, 0.5) is 0 Å². The van der Waals surface area contributed by atoms with Crippen LogP contribution < -0.4 is 0 Å². The molecule has 1 aromatic heterocycles. The predicted octanol–water partition coefficient (Wildman–Crippen LogP) is 4.50. The first kappa shape index (κ1) is 17.3. The summed E-state index contributed by atoms with van der Waals surface area (Å²) >= 11 is 3.38. The Kier molecular flexibility index (Phi) is 5.86. The molecular weight excluding hydrogens is 329 g/mol. The van der Waals surface area contributed by atoms with Gasteiger partial charge in [0.25, 0.3) is 0 Å². The zero-order valence-corrected chi connectivity index (χ0v) is 13.9. The topological polar surface area (TPSA) is 12.9 Å². The third-order valence-corrected chi connectivity index (χ3v) is 4.77. The second-order valence-electron chi connectivity index (χ2n) is 4.69. The molecule has 1 aliphatic rings. The molecular formula is C16H16Cl2CrN. The van der Waals surface area contributed by atoms with Gasteiger partial charge in [-0.25, -0.2) is 0 Å². The van der Waals surface area contributed by atoms with Gasteiger partial charge in [-0.2, -0.15) is 0 Å². The first-order valence-electron chi connectivity index (χ1n) is 6.12. The minimum Gasteiger partial charge on any atom is -0.147 e. The molecule has 1 nitrogen and oxygen atoms in total. The van der Waals surface area contributed by atoms with E-state index in [1.165, 1.54) is 11.1 Å². The number of hydrogen-bond donors (Lipinski definition) is 0. The van der Waals surface area contributed by atoms with Crippen molar-refractivity contribution in [1.82, 2.24) is 4.98 Å². The van der Waals surface area contributed by atoms with Gasteiger partial charge in [0.05, 0.1) is 0 Å². The van der Waals surface area contributed by atoms with Crippen molar-refractivity contribution < 1.29 is 16.3 Å². The van der Waals surface area contributed by atoms with Crippen LogP contribution in [0.25, 0.3) is 6.08 Å². The summed E-state index contributed by atoms with van der Waals surface area (Å²) < 4.78 is -0.0784. The molecule has 0 N–H and O–H groups in total. The molecule has 1 aliphatic carbocycles. The van der Waals surface area contributed by atoms with Crippen molar-refractivity contribution in [3.63, 3.8) is 0 Å². The van der Waals surface area contributed by atoms with Crippen molar-refractivity contribution in [2.75, 3.05) is 0 Å². The van der Waals surface area contributed by atoms with E-state index in [1.54, 1.807) is 0 Å². The van der Waals surface area contributed by atoms with E-state index in [2.05, 4.69) is 70.7 Å². The zero-order valence-electron chi connectivity index (χ0n) is 11.0. The molecule has 0 aliphatic heterocycles. The molecule has 3 rings (SSSR count). The third-order valence-electron chi connectivity index (χ3n) is 3.67. The smallest absolute Gasteiger partial charge is 0.147 e. The molecule has 2 aromatic rings. The van der Waals surface area contributed by atoms with Crippen LogP contribution in [-0.4, -0.2) is 4.98 Å². The molecule has 0 saturated carbocycles. The van der Waals surface area contributed by atoms with E-state index in [-0.39, 0.29) is 29.1 Å². The van der Waals surface area contributed by atoms with Gasteiger partial charge in [-0.1, -0.05) is 0 Å². The summed E-state index contributed by atoms with van der Waals surface area (Å²) in [7, 11) is 0. The molecule has 20 heavy (non-hydrogen) atoms. The van der Waals surface area contributed by atoms with Crippen molar-refractivity contribution in [2.45, 2.75) is 17.1 Å². The Morgan fingerprint density at radius 3 is 2.45 bits per heavy atom. The molecule has 0 spiro atoms. The molecule has 2 unspecified atom stereocenters. The average Bonchev–Trinajstić information content (AvgIpc) is 2.78. The number of aromatic nitrogens is 1. The van der Waals surface area contributed by atoms with Crippen LogP contribution in [0.3, 0.4) is 0 Å². The molecule has 2 atom stereocenters. The van der Waals surface area contributed by atoms with Crippen LogP contribution >= 0.6 is 24.8 Å². The first-order valence-corrected chi connectivity index (χ1v) is 6.75. The number of benzene rings is 1. The van der Waals surface area contributed by atoms with Gasteiger partial charge in [0.15, 0.2) is 0 Å². The summed E-state index contributed by atoms with van der Waals surface area (Å²) in [6, 6.07) is 14.6. The van der Waals surface area contributed by atoms with Crippen molar-refractivity contribution >= 4 is 30.9 Å². The van der Waals surface area contributed by atoms with Crippen LogP contribution in [-0.2, 0) is 20.6 Å². The van der Waals surface area contributed by atoms with Gasteiger partial charge in [-0.05, 0) is 0 Å². The van der Waals surface area contributed by atoms with Gasteiger partial charge in [0, 0.05) is 0 Å². The number of halogens is 2. The molecule has 105 valence electrons. The van der Waals surface area contributed by atoms with Gasteiger partial charge < -0.3 is 0 Å². The molecule has 0 bridgehead atoms. The number of hydrogen-bond acceptors (Lipinski definition) is 1. The molecule has 4 heteroatoms. The standard InChI is InChI=1S/C16H14N.2ClH.Cr/c1-12(16-8-4-5-11-17-16)14-10-9-13-6-2-3-7-15(13)14;;;/h2-12H,1H3;2*1H;. The molecule has 0 amide bonds. The fourth-order valence-corrected chi connectivity index (χ4v) is 3.12. The summed E-state index contributed by atoms with van der Waals surface area (Å²) in [6.45, 7) is 2.23. The van der Waals surface area contributed by atoms with E-state index < -0.39 is 0 Å². The number of rotatable bonds is 2. The Hall–Kier alpha value is -0.778. The normalized spacial score (nSPS) is 20.4. The maximum absolute atomic E-state index is 4.49. The minimum absolute atomic E-state index is 0. The second-order valence-corrected chi connectivity index (χ2v) is 5.74. The molecule has 0 fully saturated rings. The molecule has 0 saturated heterocycles. The Balaban J connectivity index is 0.000001000. The number of fused-ring (bicyclic) bond motifs is 1. The minimum atomic E-state index is -0.0784. The fourth-order valence-electron chi connectivity index (χ4n) is 2.53. The van der Waals surface area contributed by atoms with E-state index in [0.717, 1.165) is 5.69 Å². The largest absolute Gasteiger partial charge is 0.147 e. The molecule has 0 radical (unpaired) electrons. The molecule has 1 heterocycles. The number of allylic oxidation sites excluding steroid dienone is 1. The summed E-state index contributed by atoms with van der Waals surface area (Å²) in [5, 5.41) is 0. The first-order chi connectivity index (χ1) is 8.72. The summed E-state index contributed by atoms with van der Waals surface area (Å²) in [4.78, 5) is 4.49. The van der Waals surface area contributed by atoms with E-state index in [4.69, 9.17) is 0 Å². The summed E-state index contributed by atoms with van der Waals surface area (Å²) in [5.74, 6) is 0.318. The predicted molar refractivity (Wildman–Crippen MR) is 84.3 cm³/mol. The van der Waals surface area contributed by atoms with Crippen molar-refractivity contribution in [2.24, 2.45) is 0 Å². The summed E-state index contributed by atoms with van der Waals surface area (Å²) in [5.41, 5.74) is 3.78. The Labute approximate surface area is 140 Å². The average molecular weight is 345 g/mol. The van der Waals surface area contributed by atoms with E-state index in [9.17, 15) is 0 Å². The number of nitrogens with zero attached hydrogens (tertiary/aromatic N) is 1. The number of pyridine rings is 1. The monoisotopic (exact) mass is 344 g/mol. The van der Waals surface area contributed by atoms with Crippen LogP contribution in [0.15, 0.2) is 54.7 Å². The van der Waals surface area contributed by atoms with Crippen molar-refractivity contribution in [1.29, 1.82) is 0 Å². The van der Waals surface area contributed by atoms with Gasteiger partial charge in [-0.3, -0.25) is 0 Å². The molecule has 1 aromatic carbocycles. The zero-order chi connectivity index (χ0) is 12.6. The van der Waals surface area contributed by atoms with Gasteiger partial charge >= 0.3 is 116 Å². The Morgan fingerprint density at radius 1 is 1.05 bits per heavy atom. The van der Waals surface area contributed by atoms with Gasteiger partial charge in [-0.15, -0.1) is 24.8 Å². The summed E-state index contributed by atoms with van der Waals surface area (Å²) in [6.07, 6.45) is 6.32. The van der Waals surface area contributed by atoms with Crippen molar-refractivity contribution in [3.8, 4) is 0 Å². The maximum atomic E-state index is 4.49. The quantitative estimate of drug-likeness (QED) is 0.781. The van der Waals surface area contributed by atoms with E-state index >= 15 is 0 Å². The SMILES string of the molecule is CC(c1ccccn1)[C]1([Cr])C=Cc2ccccc21.Cl.Cl. The van der Waals surface area contributed by atoms with Gasteiger partial charge in [0.2, 0.25) is 0 Å². The fraction of sp³-hybridized carbons (Fsp3) is 0.188. The van der Waals surface area contributed by atoms with Crippen LogP contribution in [0.5, 0.6) is 0 Å². The van der Waals surface area contributed by atoms with Crippen LogP contribution in [0.1, 0.15) is 29.7 Å². The maximum Gasteiger partial charge on any atom is -0.147 e. The van der Waals surface area contributed by atoms with Crippen LogP contribution in [0, 0.1) is 0 Å². The van der Waals surface area contributed by atoms with Crippen molar-refractivity contribution in [3.05, 3.63) is 71.6 Å². The van der Waals surface area contributed by atoms with E-state index in [1.807, 2.05) is 18.3 Å². The van der Waals surface area contributed by atoms with Crippen LogP contribution in [0.2, 0.25) is 0 Å². The third kappa shape index (κ3) is 2.80. The Bertz CT molecular complexity index is 600.